The maximum absolute atomic E-state index is 13.2. The first-order chi connectivity index (χ1) is 12.2. The number of aromatic amines is 1. The Morgan fingerprint density at radius 1 is 1.12 bits per heavy atom. The van der Waals surface area contributed by atoms with Gasteiger partial charge in [0, 0.05) is 4.88 Å². The zero-order chi connectivity index (χ0) is 17.0. The van der Waals surface area contributed by atoms with Crippen LogP contribution >= 0.6 is 22.7 Å². The van der Waals surface area contributed by atoms with E-state index in [9.17, 15) is 9.59 Å². The van der Waals surface area contributed by atoms with E-state index in [1.54, 1.807) is 22.9 Å². The fourth-order valence-electron chi connectivity index (χ4n) is 3.63. The molecule has 7 heteroatoms. The van der Waals surface area contributed by atoms with Crippen molar-refractivity contribution in [2.75, 3.05) is 0 Å². The Kier molecular flexibility index (Phi) is 3.39. The molecule has 0 radical (unpaired) electrons. The lowest BCUT2D eigenvalue weighted by Crippen LogP contribution is -2.33. The lowest BCUT2D eigenvalue weighted by molar-refractivity contribution is 0.713. The smallest absolute Gasteiger partial charge is 0.298 e. The average Bonchev–Trinajstić information content (AvgIpc) is 3.12. The molecule has 0 unspecified atom stereocenters. The van der Waals surface area contributed by atoms with Crippen molar-refractivity contribution >= 4 is 43.1 Å². The second-order valence-electron chi connectivity index (χ2n) is 6.34. The van der Waals surface area contributed by atoms with Gasteiger partial charge in [-0.2, -0.15) is 0 Å². The molecule has 5 rings (SSSR count). The number of thiophene rings is 1. The van der Waals surface area contributed by atoms with Crippen LogP contribution in [0.5, 0.6) is 0 Å². The summed E-state index contributed by atoms with van der Waals surface area (Å²) in [5.74, 6) is 0. The molecule has 0 atom stereocenters. The molecule has 0 bridgehead atoms. The fraction of sp³-hybridized carbons (Fsp3) is 0.278. The van der Waals surface area contributed by atoms with Gasteiger partial charge < -0.3 is 0 Å². The van der Waals surface area contributed by atoms with Gasteiger partial charge in [0.25, 0.3) is 5.56 Å². The summed E-state index contributed by atoms with van der Waals surface area (Å²) >= 11 is 3.07. The Hall–Kier alpha value is -2.25. The van der Waals surface area contributed by atoms with Crippen molar-refractivity contribution < 1.29 is 0 Å². The number of aryl methyl sites for hydroxylation is 2. The Morgan fingerprint density at radius 2 is 2.00 bits per heavy atom. The lowest BCUT2D eigenvalue weighted by atomic mass is 10.1. The summed E-state index contributed by atoms with van der Waals surface area (Å²) in [6, 6.07) is 5.50. The van der Waals surface area contributed by atoms with Crippen LogP contribution in [-0.2, 0) is 12.8 Å². The largest absolute Gasteiger partial charge is 0.334 e. The van der Waals surface area contributed by atoms with Crippen molar-refractivity contribution in [2.45, 2.75) is 32.1 Å². The fourth-order valence-corrected chi connectivity index (χ4v) is 5.61. The van der Waals surface area contributed by atoms with Crippen molar-refractivity contribution in [2.24, 2.45) is 0 Å². The standard InChI is InChI=1S/C18H15N3O2S2/c22-17-15-11-4-2-1-3-5-13(11)25-16(15)20-18(23)21(17)10-6-7-12-14(8-10)24-9-19-12/h6-9H,1-5H2,(H,20,23). The predicted octanol–water partition coefficient (Wildman–Crippen LogP) is 3.62. The second-order valence-corrected chi connectivity index (χ2v) is 8.34. The first kappa shape index (κ1) is 15.0. The van der Waals surface area contributed by atoms with E-state index in [4.69, 9.17) is 0 Å². The molecule has 1 aliphatic rings. The van der Waals surface area contributed by atoms with E-state index in [1.165, 1.54) is 27.2 Å². The van der Waals surface area contributed by atoms with Gasteiger partial charge >= 0.3 is 5.69 Å². The number of aromatic nitrogens is 3. The van der Waals surface area contributed by atoms with Gasteiger partial charge in [-0.05, 0) is 49.4 Å². The molecule has 25 heavy (non-hydrogen) atoms. The van der Waals surface area contributed by atoms with E-state index in [0.717, 1.165) is 46.3 Å². The average molecular weight is 369 g/mol. The van der Waals surface area contributed by atoms with Crippen molar-refractivity contribution in [3.05, 3.63) is 55.0 Å². The summed E-state index contributed by atoms with van der Waals surface area (Å²) in [4.78, 5) is 35.0. The van der Waals surface area contributed by atoms with Gasteiger partial charge in [-0.1, -0.05) is 6.42 Å². The summed E-state index contributed by atoms with van der Waals surface area (Å²) < 4.78 is 2.23. The number of H-pyrrole nitrogens is 1. The molecule has 3 aromatic heterocycles. The van der Waals surface area contributed by atoms with E-state index in [1.807, 2.05) is 12.1 Å². The Balaban J connectivity index is 1.82. The number of nitrogens with zero attached hydrogens (tertiary/aromatic N) is 2. The van der Waals surface area contributed by atoms with Crippen molar-refractivity contribution in [3.63, 3.8) is 0 Å². The number of rotatable bonds is 1. The SMILES string of the molecule is O=c1[nH]c2sc3c(c2c(=O)n1-c1ccc2ncsc2c1)CCCCC3. The minimum absolute atomic E-state index is 0.206. The van der Waals surface area contributed by atoms with E-state index in [0.29, 0.717) is 11.1 Å². The van der Waals surface area contributed by atoms with E-state index < -0.39 is 0 Å². The molecule has 5 nitrogen and oxygen atoms in total. The molecule has 1 aliphatic carbocycles. The minimum atomic E-state index is -0.377. The number of hydrogen-bond donors (Lipinski definition) is 1. The van der Waals surface area contributed by atoms with E-state index in [2.05, 4.69) is 9.97 Å². The molecule has 4 aromatic rings. The Morgan fingerprint density at radius 3 is 2.92 bits per heavy atom. The molecule has 0 spiro atoms. The monoisotopic (exact) mass is 369 g/mol. The molecular formula is C18H15N3O2S2. The summed E-state index contributed by atoms with van der Waals surface area (Å²) in [5, 5.41) is 0.700. The summed E-state index contributed by atoms with van der Waals surface area (Å²) in [6.07, 6.45) is 5.38. The quantitative estimate of drug-likeness (QED) is 0.521. The van der Waals surface area contributed by atoms with Gasteiger partial charge in [0.2, 0.25) is 0 Å². The van der Waals surface area contributed by atoms with Crippen LogP contribution in [0.15, 0.2) is 33.3 Å². The van der Waals surface area contributed by atoms with Gasteiger partial charge in [-0.15, -0.1) is 22.7 Å². The van der Waals surface area contributed by atoms with Crippen LogP contribution in [0, 0.1) is 0 Å². The van der Waals surface area contributed by atoms with Gasteiger partial charge in [-0.25, -0.2) is 14.3 Å². The highest BCUT2D eigenvalue weighted by Gasteiger charge is 2.20. The molecule has 0 saturated heterocycles. The zero-order valence-electron chi connectivity index (χ0n) is 13.4. The third-order valence-electron chi connectivity index (χ3n) is 4.83. The number of benzene rings is 1. The molecule has 1 N–H and O–H groups in total. The normalized spacial score (nSPS) is 14.7. The van der Waals surface area contributed by atoms with Crippen LogP contribution in [0.2, 0.25) is 0 Å². The molecule has 1 aromatic carbocycles. The highest BCUT2D eigenvalue weighted by molar-refractivity contribution is 7.18. The minimum Gasteiger partial charge on any atom is -0.298 e. The maximum atomic E-state index is 13.2. The molecule has 0 fully saturated rings. The van der Waals surface area contributed by atoms with E-state index >= 15 is 0 Å². The second kappa shape index (κ2) is 5.64. The first-order valence-electron chi connectivity index (χ1n) is 8.35. The van der Waals surface area contributed by atoms with E-state index in [-0.39, 0.29) is 11.2 Å². The third-order valence-corrected chi connectivity index (χ3v) is 6.83. The molecule has 0 saturated carbocycles. The number of fused-ring (bicyclic) bond motifs is 4. The van der Waals surface area contributed by atoms with Gasteiger partial charge in [0.1, 0.15) is 4.83 Å². The van der Waals surface area contributed by atoms with Gasteiger partial charge in [-0.3, -0.25) is 9.78 Å². The molecular weight excluding hydrogens is 354 g/mol. The molecule has 126 valence electrons. The van der Waals surface area contributed by atoms with Crippen LogP contribution in [0.4, 0.5) is 0 Å². The number of thiazole rings is 1. The first-order valence-corrected chi connectivity index (χ1v) is 10.1. The summed E-state index contributed by atoms with van der Waals surface area (Å²) in [6.45, 7) is 0. The van der Waals surface area contributed by atoms with Gasteiger partial charge in [0.15, 0.2) is 0 Å². The third kappa shape index (κ3) is 2.30. The van der Waals surface area contributed by atoms with Crippen LogP contribution in [0.1, 0.15) is 29.7 Å². The topological polar surface area (TPSA) is 67.8 Å². The summed E-state index contributed by atoms with van der Waals surface area (Å²) in [7, 11) is 0. The van der Waals surface area contributed by atoms with Crippen molar-refractivity contribution in [1.82, 2.24) is 14.5 Å². The lowest BCUT2D eigenvalue weighted by Gasteiger charge is -2.06. The maximum Gasteiger partial charge on any atom is 0.334 e. The van der Waals surface area contributed by atoms with Gasteiger partial charge in [0.05, 0.1) is 26.8 Å². The number of hydrogen-bond acceptors (Lipinski definition) is 5. The predicted molar refractivity (Wildman–Crippen MR) is 102 cm³/mol. The van der Waals surface area contributed by atoms with Crippen molar-refractivity contribution in [1.29, 1.82) is 0 Å². The summed E-state index contributed by atoms with van der Waals surface area (Å²) in [5.41, 5.74) is 3.80. The van der Waals surface area contributed by atoms with Crippen LogP contribution < -0.4 is 11.2 Å². The zero-order valence-corrected chi connectivity index (χ0v) is 15.0. The number of nitrogens with one attached hydrogen (secondary N) is 1. The Labute approximate surface area is 150 Å². The van der Waals surface area contributed by atoms with Crippen LogP contribution in [0.3, 0.4) is 0 Å². The Bertz CT molecular complexity index is 1230. The van der Waals surface area contributed by atoms with Crippen LogP contribution in [-0.4, -0.2) is 14.5 Å². The van der Waals surface area contributed by atoms with Crippen molar-refractivity contribution in [3.8, 4) is 5.69 Å². The molecule has 0 amide bonds. The van der Waals surface area contributed by atoms with Crippen LogP contribution in [0.25, 0.3) is 26.1 Å². The highest BCUT2D eigenvalue weighted by Crippen LogP contribution is 2.32. The molecule has 3 heterocycles. The molecule has 0 aliphatic heterocycles. The highest BCUT2D eigenvalue weighted by atomic mass is 32.1.